The van der Waals surface area contributed by atoms with Gasteiger partial charge in [0, 0.05) is 36.6 Å². The van der Waals surface area contributed by atoms with E-state index in [9.17, 15) is 0 Å². The van der Waals surface area contributed by atoms with Crippen LogP contribution in [0.5, 0.6) is 5.75 Å². The van der Waals surface area contributed by atoms with E-state index in [4.69, 9.17) is 14.7 Å². The van der Waals surface area contributed by atoms with Crippen LogP contribution in [-0.4, -0.2) is 36.7 Å². The first-order chi connectivity index (χ1) is 20.5. The Kier molecular flexibility index (Phi) is 14.9. The lowest BCUT2D eigenvalue weighted by molar-refractivity contribution is 0.134. The fraction of sp³-hybridized carbons (Fsp3) is 0.447. The number of nitriles is 1. The second-order valence-corrected chi connectivity index (χ2v) is 11.5. The highest BCUT2D eigenvalue weighted by atomic mass is 16.5. The molecular weight excluding hydrogens is 516 g/mol. The molecule has 224 valence electrons. The van der Waals surface area contributed by atoms with E-state index in [0.717, 1.165) is 51.0 Å². The second-order valence-electron chi connectivity index (χ2n) is 11.5. The van der Waals surface area contributed by atoms with Gasteiger partial charge in [-0.3, -0.25) is 4.90 Å². The molecule has 42 heavy (non-hydrogen) atoms. The number of benzene rings is 3. The molecule has 3 aromatic carbocycles. The van der Waals surface area contributed by atoms with Crippen LogP contribution >= 0.6 is 0 Å². The van der Waals surface area contributed by atoms with E-state index in [1.807, 2.05) is 6.07 Å². The number of hydrogen-bond donors (Lipinski definition) is 0. The standard InChI is InChI=1S/C38H50N2O2/c1-31(2)40(32(3)4)26-24-36(35-20-11-8-12-21-35)37-29-33(17-13-16-28-41-27-15-6-5-14-25-39)22-23-38(37)42-30-34-18-9-7-10-19-34/h7-13,17-23,29,31-32,36H,5-6,14-16,24,26-28,30H2,1-4H3/b17-13+/t36-/m1/s1. The highest BCUT2D eigenvalue weighted by Crippen LogP contribution is 2.36. The molecule has 4 nitrogen and oxygen atoms in total. The number of unbranched alkanes of at least 4 members (excludes halogenated alkanes) is 3. The first-order valence-corrected chi connectivity index (χ1v) is 15.7. The van der Waals surface area contributed by atoms with Gasteiger partial charge in [0.25, 0.3) is 0 Å². The van der Waals surface area contributed by atoms with Crippen LogP contribution in [0.4, 0.5) is 0 Å². The third kappa shape index (κ3) is 11.5. The van der Waals surface area contributed by atoms with Crippen LogP contribution in [0.25, 0.3) is 6.08 Å². The molecule has 0 bridgehead atoms. The Morgan fingerprint density at radius 2 is 1.55 bits per heavy atom. The molecule has 0 saturated heterocycles. The molecule has 0 spiro atoms. The van der Waals surface area contributed by atoms with E-state index in [1.165, 1.54) is 22.3 Å². The minimum Gasteiger partial charge on any atom is -0.489 e. The topological polar surface area (TPSA) is 45.5 Å². The van der Waals surface area contributed by atoms with Gasteiger partial charge in [-0.2, -0.15) is 5.26 Å². The molecule has 0 N–H and O–H groups in total. The first kappa shape index (κ1) is 33.1. The molecule has 0 saturated carbocycles. The zero-order chi connectivity index (χ0) is 30.0. The minimum atomic E-state index is 0.217. The van der Waals surface area contributed by atoms with Crippen molar-refractivity contribution in [1.29, 1.82) is 5.26 Å². The van der Waals surface area contributed by atoms with Crippen LogP contribution in [0.1, 0.15) is 94.4 Å². The van der Waals surface area contributed by atoms with Gasteiger partial charge in [-0.1, -0.05) is 85.3 Å². The lowest BCUT2D eigenvalue weighted by Crippen LogP contribution is -2.38. The van der Waals surface area contributed by atoms with Crippen LogP contribution in [-0.2, 0) is 11.3 Å². The Hall–Kier alpha value is -3.39. The molecule has 4 heteroatoms. The van der Waals surface area contributed by atoms with Crippen molar-refractivity contribution < 1.29 is 9.47 Å². The van der Waals surface area contributed by atoms with Gasteiger partial charge in [-0.05, 0) is 88.7 Å². The highest BCUT2D eigenvalue weighted by Gasteiger charge is 2.22. The van der Waals surface area contributed by atoms with Gasteiger partial charge in [-0.25, -0.2) is 0 Å². The van der Waals surface area contributed by atoms with Gasteiger partial charge in [0.15, 0.2) is 0 Å². The molecule has 0 heterocycles. The Balaban J connectivity index is 1.79. The van der Waals surface area contributed by atoms with E-state index < -0.39 is 0 Å². The number of rotatable bonds is 19. The zero-order valence-electron chi connectivity index (χ0n) is 26.2. The summed E-state index contributed by atoms with van der Waals surface area (Å²) in [5.74, 6) is 1.17. The average molecular weight is 567 g/mol. The summed E-state index contributed by atoms with van der Waals surface area (Å²) < 4.78 is 12.3. The van der Waals surface area contributed by atoms with E-state index in [-0.39, 0.29) is 5.92 Å². The van der Waals surface area contributed by atoms with Crippen LogP contribution in [0.2, 0.25) is 0 Å². The predicted octanol–water partition coefficient (Wildman–Crippen LogP) is 9.41. The molecule has 3 rings (SSSR count). The number of nitrogens with zero attached hydrogens (tertiary/aromatic N) is 2. The monoisotopic (exact) mass is 566 g/mol. The van der Waals surface area contributed by atoms with E-state index in [0.29, 0.717) is 31.7 Å². The van der Waals surface area contributed by atoms with Gasteiger partial charge in [0.1, 0.15) is 12.4 Å². The van der Waals surface area contributed by atoms with Crippen molar-refractivity contribution in [2.45, 2.75) is 90.8 Å². The molecule has 0 aliphatic rings. The zero-order valence-corrected chi connectivity index (χ0v) is 26.2. The molecule has 3 aromatic rings. The van der Waals surface area contributed by atoms with Gasteiger partial charge in [0.05, 0.1) is 12.7 Å². The fourth-order valence-electron chi connectivity index (χ4n) is 5.45. The summed E-state index contributed by atoms with van der Waals surface area (Å²) in [4.78, 5) is 2.58. The third-order valence-corrected chi connectivity index (χ3v) is 7.67. The molecule has 0 aliphatic heterocycles. The van der Waals surface area contributed by atoms with Gasteiger partial charge in [0.2, 0.25) is 0 Å². The van der Waals surface area contributed by atoms with Crippen molar-refractivity contribution in [2.24, 2.45) is 0 Å². The van der Waals surface area contributed by atoms with Crippen LogP contribution in [0.15, 0.2) is 84.9 Å². The first-order valence-electron chi connectivity index (χ1n) is 15.7. The molecule has 0 aromatic heterocycles. The largest absolute Gasteiger partial charge is 0.489 e. The lowest BCUT2D eigenvalue weighted by Gasteiger charge is -2.32. The van der Waals surface area contributed by atoms with E-state index in [1.54, 1.807) is 0 Å². The Labute approximate surface area is 255 Å². The maximum Gasteiger partial charge on any atom is 0.123 e. The van der Waals surface area contributed by atoms with Gasteiger partial charge in [-0.15, -0.1) is 0 Å². The van der Waals surface area contributed by atoms with Crippen LogP contribution in [0.3, 0.4) is 0 Å². The Bertz CT molecular complexity index is 1210. The summed E-state index contributed by atoms with van der Waals surface area (Å²) in [5, 5.41) is 8.65. The lowest BCUT2D eigenvalue weighted by atomic mass is 9.86. The summed E-state index contributed by atoms with van der Waals surface area (Å²) in [6.45, 7) is 12.2. The van der Waals surface area contributed by atoms with Gasteiger partial charge >= 0.3 is 0 Å². The van der Waals surface area contributed by atoms with Crippen molar-refractivity contribution >= 4 is 6.08 Å². The Morgan fingerprint density at radius 1 is 0.833 bits per heavy atom. The molecule has 1 atom stereocenters. The van der Waals surface area contributed by atoms with Crippen molar-refractivity contribution in [3.63, 3.8) is 0 Å². The number of hydrogen-bond acceptors (Lipinski definition) is 4. The van der Waals surface area contributed by atoms with Crippen molar-refractivity contribution in [3.8, 4) is 11.8 Å². The maximum absolute atomic E-state index is 8.65. The normalized spacial score (nSPS) is 12.3. The van der Waals surface area contributed by atoms with Crippen LogP contribution in [0, 0.1) is 11.3 Å². The summed E-state index contributed by atoms with van der Waals surface area (Å²) in [6.07, 6.45) is 9.97. The molecule has 0 amide bonds. The predicted molar refractivity (Wildman–Crippen MR) is 176 cm³/mol. The summed E-state index contributed by atoms with van der Waals surface area (Å²) >= 11 is 0. The molecule has 0 fully saturated rings. The SMILES string of the molecule is CC(C)N(CC[C@H](c1ccccc1)c1cc(/C=C/CCOCCCCCC#N)ccc1OCc1ccccc1)C(C)C. The van der Waals surface area contributed by atoms with Crippen molar-refractivity contribution in [2.75, 3.05) is 19.8 Å². The highest BCUT2D eigenvalue weighted by molar-refractivity contribution is 5.55. The quantitative estimate of drug-likeness (QED) is 0.136. The summed E-state index contributed by atoms with van der Waals surface area (Å²) in [5.41, 5.74) is 4.90. The second kappa shape index (κ2) is 18.9. The molecule has 0 unspecified atom stereocenters. The van der Waals surface area contributed by atoms with Crippen molar-refractivity contribution in [1.82, 2.24) is 4.90 Å². The van der Waals surface area contributed by atoms with Crippen LogP contribution < -0.4 is 4.74 Å². The molecule has 0 aliphatic carbocycles. The Morgan fingerprint density at radius 3 is 2.24 bits per heavy atom. The summed E-state index contributed by atoms with van der Waals surface area (Å²) in [7, 11) is 0. The smallest absolute Gasteiger partial charge is 0.123 e. The average Bonchev–Trinajstić information content (AvgIpc) is 3.00. The minimum absolute atomic E-state index is 0.217. The molecule has 0 radical (unpaired) electrons. The van der Waals surface area contributed by atoms with Gasteiger partial charge < -0.3 is 9.47 Å². The van der Waals surface area contributed by atoms with E-state index in [2.05, 4.69) is 124 Å². The molecular formula is C38H50N2O2. The van der Waals surface area contributed by atoms with E-state index >= 15 is 0 Å². The fourth-order valence-corrected chi connectivity index (χ4v) is 5.45. The number of ether oxygens (including phenoxy) is 2. The van der Waals surface area contributed by atoms with Crippen molar-refractivity contribution in [3.05, 3.63) is 107 Å². The maximum atomic E-state index is 8.65. The third-order valence-electron chi connectivity index (χ3n) is 7.67. The summed E-state index contributed by atoms with van der Waals surface area (Å²) in [6, 6.07) is 31.1.